The molecular formula is C25H27FN6O4. The molecule has 2 unspecified atom stereocenters. The van der Waals surface area contributed by atoms with Crippen molar-refractivity contribution >= 4 is 23.6 Å². The fourth-order valence-electron chi connectivity index (χ4n) is 3.94. The summed E-state index contributed by atoms with van der Waals surface area (Å²) in [5.74, 6) is -1.17. The van der Waals surface area contributed by atoms with Crippen LogP contribution in [0, 0.1) is 5.82 Å². The lowest BCUT2D eigenvalue weighted by molar-refractivity contribution is -0.120. The topological polar surface area (TPSA) is 142 Å². The zero-order valence-corrected chi connectivity index (χ0v) is 19.7. The van der Waals surface area contributed by atoms with Gasteiger partial charge in [0.15, 0.2) is 0 Å². The van der Waals surface area contributed by atoms with Gasteiger partial charge in [0.05, 0.1) is 31.1 Å². The van der Waals surface area contributed by atoms with Crippen LogP contribution in [0.1, 0.15) is 18.2 Å². The van der Waals surface area contributed by atoms with Crippen molar-refractivity contribution in [3.05, 3.63) is 72.1 Å². The molecule has 2 heterocycles. The van der Waals surface area contributed by atoms with E-state index in [2.05, 4.69) is 20.6 Å². The Kier molecular flexibility index (Phi) is 7.59. The summed E-state index contributed by atoms with van der Waals surface area (Å²) in [4.78, 5) is 43.3. The maximum absolute atomic E-state index is 15.0. The van der Waals surface area contributed by atoms with Gasteiger partial charge in [-0.1, -0.05) is 24.3 Å². The number of rotatable bonds is 10. The molecule has 0 aliphatic carbocycles. The number of carbonyl (C=O) groups is 3. The Bertz CT molecular complexity index is 1230. The molecule has 3 amide bonds. The number of cyclic esters (lactones) is 1. The number of aromatic amines is 1. The van der Waals surface area contributed by atoms with Crippen LogP contribution in [0.25, 0.3) is 11.1 Å². The quantitative estimate of drug-likeness (QED) is 0.339. The third-order valence-corrected chi connectivity index (χ3v) is 5.86. The molecule has 3 aromatic rings. The summed E-state index contributed by atoms with van der Waals surface area (Å²) < 4.78 is 20.2. The number of imidazole rings is 1. The highest BCUT2D eigenvalue weighted by atomic mass is 19.1. The molecule has 0 saturated carbocycles. The minimum Gasteiger partial charge on any atom is -0.442 e. The van der Waals surface area contributed by atoms with Crippen LogP contribution in [0.3, 0.4) is 0 Å². The molecule has 1 fully saturated rings. The Morgan fingerprint density at radius 3 is 2.69 bits per heavy atom. The fraction of sp³-hybridized carbons (Fsp3) is 0.280. The molecule has 0 bridgehead atoms. The molecular weight excluding hydrogens is 467 g/mol. The standard InChI is InChI=1S/C25H27FN6O4/c1-15(33)29-12-20-13-32(25(35)36-20)19-6-7-21(22(26)9-19)17-4-2-16(3-5-17)10-30-23(24(27)34)8-18-11-28-14-31-18/h2-7,9,11,14,20,23,30H,8,10,12-13H2,1H3,(H2,27,34)(H,28,31)(H,29,33). The molecule has 4 rings (SSSR count). The first-order chi connectivity index (χ1) is 17.3. The number of primary amides is 1. The van der Waals surface area contributed by atoms with Crippen molar-refractivity contribution in [3.63, 3.8) is 0 Å². The van der Waals surface area contributed by atoms with Gasteiger partial charge in [0, 0.05) is 37.3 Å². The highest BCUT2D eigenvalue weighted by Gasteiger charge is 2.32. The third kappa shape index (κ3) is 6.05. The molecule has 2 aromatic carbocycles. The van der Waals surface area contributed by atoms with Crippen molar-refractivity contribution in [1.82, 2.24) is 20.6 Å². The summed E-state index contributed by atoms with van der Waals surface area (Å²) in [5.41, 5.74) is 8.63. The second kappa shape index (κ2) is 11.0. The van der Waals surface area contributed by atoms with E-state index in [0.717, 1.165) is 11.3 Å². The lowest BCUT2D eigenvalue weighted by Gasteiger charge is -2.16. The molecule has 5 N–H and O–H groups in total. The molecule has 10 nitrogen and oxygen atoms in total. The van der Waals surface area contributed by atoms with Crippen molar-refractivity contribution in [2.24, 2.45) is 5.73 Å². The first-order valence-electron chi connectivity index (χ1n) is 11.4. The molecule has 1 aliphatic heterocycles. The second-order valence-electron chi connectivity index (χ2n) is 8.53. The van der Waals surface area contributed by atoms with E-state index >= 15 is 0 Å². The number of carbonyl (C=O) groups excluding carboxylic acids is 3. The van der Waals surface area contributed by atoms with E-state index in [0.29, 0.717) is 29.8 Å². The zero-order chi connectivity index (χ0) is 25.7. The molecule has 1 aliphatic rings. The van der Waals surface area contributed by atoms with Gasteiger partial charge in [0.25, 0.3) is 0 Å². The monoisotopic (exact) mass is 494 g/mol. The van der Waals surface area contributed by atoms with Crippen LogP contribution in [0.5, 0.6) is 0 Å². The van der Waals surface area contributed by atoms with Gasteiger partial charge in [-0.05, 0) is 29.3 Å². The summed E-state index contributed by atoms with van der Waals surface area (Å²) in [6, 6.07) is 11.3. The summed E-state index contributed by atoms with van der Waals surface area (Å²) in [7, 11) is 0. The first-order valence-corrected chi connectivity index (χ1v) is 11.4. The summed E-state index contributed by atoms with van der Waals surface area (Å²) in [6.45, 7) is 2.20. The maximum Gasteiger partial charge on any atom is 0.414 e. The number of nitrogens with zero attached hydrogens (tertiary/aromatic N) is 2. The minimum absolute atomic E-state index is 0.197. The van der Waals surface area contributed by atoms with E-state index < -0.39 is 30.0 Å². The van der Waals surface area contributed by atoms with E-state index in [1.807, 2.05) is 12.1 Å². The van der Waals surface area contributed by atoms with Crippen molar-refractivity contribution in [2.75, 3.05) is 18.0 Å². The lowest BCUT2D eigenvalue weighted by Crippen LogP contribution is -2.42. The number of aromatic nitrogens is 2. The van der Waals surface area contributed by atoms with Gasteiger partial charge >= 0.3 is 6.09 Å². The van der Waals surface area contributed by atoms with Crippen molar-refractivity contribution in [2.45, 2.75) is 32.0 Å². The molecule has 188 valence electrons. The van der Waals surface area contributed by atoms with Crippen LogP contribution < -0.4 is 21.3 Å². The van der Waals surface area contributed by atoms with E-state index in [-0.39, 0.29) is 19.0 Å². The van der Waals surface area contributed by atoms with Crippen molar-refractivity contribution in [3.8, 4) is 11.1 Å². The van der Waals surface area contributed by atoms with Crippen molar-refractivity contribution in [1.29, 1.82) is 0 Å². The number of ether oxygens (including phenoxy) is 1. The largest absolute Gasteiger partial charge is 0.442 e. The fourth-order valence-corrected chi connectivity index (χ4v) is 3.94. The number of hydrogen-bond acceptors (Lipinski definition) is 6. The number of hydrogen-bond donors (Lipinski definition) is 4. The van der Waals surface area contributed by atoms with E-state index in [1.54, 1.807) is 36.8 Å². The van der Waals surface area contributed by atoms with Gasteiger partial charge in [0.2, 0.25) is 11.8 Å². The minimum atomic E-state index is -0.587. The predicted octanol–water partition coefficient (Wildman–Crippen LogP) is 1.86. The van der Waals surface area contributed by atoms with Crippen LogP contribution in [-0.4, -0.2) is 53.1 Å². The molecule has 1 aromatic heterocycles. The van der Waals surface area contributed by atoms with Crippen LogP contribution in [0.2, 0.25) is 0 Å². The average molecular weight is 495 g/mol. The molecule has 1 saturated heterocycles. The number of H-pyrrole nitrogens is 1. The third-order valence-electron chi connectivity index (χ3n) is 5.86. The van der Waals surface area contributed by atoms with Crippen molar-refractivity contribution < 1.29 is 23.5 Å². The Morgan fingerprint density at radius 1 is 1.28 bits per heavy atom. The van der Waals surface area contributed by atoms with E-state index in [9.17, 15) is 18.8 Å². The Morgan fingerprint density at radius 2 is 2.06 bits per heavy atom. The predicted molar refractivity (Wildman–Crippen MR) is 130 cm³/mol. The van der Waals surface area contributed by atoms with Gasteiger partial charge in [-0.2, -0.15) is 0 Å². The summed E-state index contributed by atoms with van der Waals surface area (Å²) >= 11 is 0. The Balaban J connectivity index is 1.38. The van der Waals surface area contributed by atoms with Crippen LogP contribution in [0.4, 0.5) is 14.9 Å². The SMILES string of the molecule is CC(=O)NCC1CN(c2ccc(-c3ccc(CNC(Cc4cnc[nH]4)C(N)=O)cc3)c(F)c2)C(=O)O1. The second-order valence-corrected chi connectivity index (χ2v) is 8.53. The maximum atomic E-state index is 15.0. The number of halogens is 1. The number of benzene rings is 2. The smallest absolute Gasteiger partial charge is 0.414 e. The molecule has 0 radical (unpaired) electrons. The van der Waals surface area contributed by atoms with Gasteiger partial charge in [-0.3, -0.25) is 14.5 Å². The van der Waals surface area contributed by atoms with E-state index in [4.69, 9.17) is 10.5 Å². The normalized spacial score (nSPS) is 16.0. The van der Waals surface area contributed by atoms with Gasteiger partial charge in [-0.25, -0.2) is 14.2 Å². The zero-order valence-electron chi connectivity index (χ0n) is 19.7. The number of anilines is 1. The van der Waals surface area contributed by atoms with Crippen LogP contribution >= 0.6 is 0 Å². The Labute approximate surface area is 207 Å². The van der Waals surface area contributed by atoms with Gasteiger partial charge < -0.3 is 26.1 Å². The average Bonchev–Trinajstić information content (AvgIpc) is 3.50. The molecule has 2 atom stereocenters. The van der Waals surface area contributed by atoms with Crippen LogP contribution in [0.15, 0.2) is 55.0 Å². The summed E-state index contributed by atoms with van der Waals surface area (Å²) in [6.07, 6.45) is 2.49. The number of nitrogens with two attached hydrogens (primary N) is 1. The highest BCUT2D eigenvalue weighted by molar-refractivity contribution is 5.90. The highest BCUT2D eigenvalue weighted by Crippen LogP contribution is 2.29. The first kappa shape index (κ1) is 24.9. The molecule has 0 spiro atoms. The molecule has 36 heavy (non-hydrogen) atoms. The number of nitrogens with one attached hydrogen (secondary N) is 3. The Hall–Kier alpha value is -4.25. The van der Waals surface area contributed by atoms with Gasteiger partial charge in [0.1, 0.15) is 11.9 Å². The van der Waals surface area contributed by atoms with Gasteiger partial charge in [-0.15, -0.1) is 0 Å². The summed E-state index contributed by atoms with van der Waals surface area (Å²) in [5, 5.41) is 5.75. The van der Waals surface area contributed by atoms with E-state index in [1.165, 1.54) is 17.9 Å². The lowest BCUT2D eigenvalue weighted by atomic mass is 10.0. The van der Waals surface area contributed by atoms with Crippen LogP contribution in [-0.2, 0) is 27.3 Å². The molecule has 11 heteroatoms. The number of amides is 3.